The van der Waals surface area contributed by atoms with Crippen LogP contribution in [-0.2, 0) is 0 Å². The third-order valence-corrected chi connectivity index (χ3v) is 2.61. The number of aromatic nitrogens is 2. The topological polar surface area (TPSA) is 108 Å². The van der Waals surface area contributed by atoms with Crippen molar-refractivity contribution in [2.24, 2.45) is 0 Å². The second-order valence-electron chi connectivity index (χ2n) is 4.58. The standard InChI is InChI=1S/C13H16FN7O/c1-21(2)20-12-10(15)11(16-7-17-12)18-19-13(22)8-3-5-9(14)6-4-8/h3-7H,15H2,1-2H3,(H,19,22)(H2,16,17,18,20). The van der Waals surface area contributed by atoms with Crippen LogP contribution in [0.25, 0.3) is 0 Å². The molecule has 0 saturated heterocycles. The Labute approximate surface area is 126 Å². The molecule has 0 atom stereocenters. The minimum Gasteiger partial charge on any atom is -0.393 e. The predicted octanol–water partition coefficient (Wildman–Crippen LogP) is 0.843. The molecule has 1 aromatic carbocycles. The first-order valence-electron chi connectivity index (χ1n) is 6.33. The number of carbonyl (C=O) groups excluding carboxylic acids is 1. The van der Waals surface area contributed by atoms with E-state index in [1.807, 2.05) is 0 Å². The molecular weight excluding hydrogens is 289 g/mol. The van der Waals surface area contributed by atoms with E-state index in [9.17, 15) is 9.18 Å². The molecule has 1 heterocycles. The van der Waals surface area contributed by atoms with Crippen LogP contribution in [0.15, 0.2) is 30.6 Å². The van der Waals surface area contributed by atoms with Crippen LogP contribution in [0.3, 0.4) is 0 Å². The average molecular weight is 305 g/mol. The number of hydrogen-bond donors (Lipinski definition) is 4. The van der Waals surface area contributed by atoms with Crippen LogP contribution in [0.5, 0.6) is 0 Å². The van der Waals surface area contributed by atoms with Crippen molar-refractivity contribution >= 4 is 23.2 Å². The summed E-state index contributed by atoms with van der Waals surface area (Å²) in [6.45, 7) is 0. The normalized spacial score (nSPS) is 10.4. The number of nitrogens with one attached hydrogen (secondary N) is 3. The van der Waals surface area contributed by atoms with E-state index in [0.29, 0.717) is 11.4 Å². The molecule has 1 amide bonds. The number of hydrogen-bond acceptors (Lipinski definition) is 7. The SMILES string of the molecule is CN(C)Nc1ncnc(NNC(=O)c2ccc(F)cc2)c1N. The van der Waals surface area contributed by atoms with Crippen molar-refractivity contribution in [1.29, 1.82) is 0 Å². The summed E-state index contributed by atoms with van der Waals surface area (Å²) in [5.41, 5.74) is 14.4. The average Bonchev–Trinajstić information content (AvgIpc) is 2.48. The fraction of sp³-hybridized carbons (Fsp3) is 0.154. The van der Waals surface area contributed by atoms with E-state index < -0.39 is 11.7 Å². The lowest BCUT2D eigenvalue weighted by atomic mass is 10.2. The van der Waals surface area contributed by atoms with E-state index in [4.69, 9.17) is 5.73 Å². The molecule has 0 spiro atoms. The van der Waals surface area contributed by atoms with E-state index in [2.05, 4.69) is 26.2 Å². The molecule has 2 rings (SSSR count). The second kappa shape index (κ2) is 6.68. The lowest BCUT2D eigenvalue weighted by Gasteiger charge is -2.16. The van der Waals surface area contributed by atoms with E-state index in [0.717, 1.165) is 0 Å². The van der Waals surface area contributed by atoms with Gasteiger partial charge in [0, 0.05) is 19.7 Å². The number of halogens is 1. The fourth-order valence-corrected chi connectivity index (χ4v) is 1.59. The molecule has 2 aromatic rings. The molecule has 1 aromatic heterocycles. The molecule has 0 aliphatic carbocycles. The van der Waals surface area contributed by atoms with E-state index in [-0.39, 0.29) is 11.5 Å². The van der Waals surface area contributed by atoms with Crippen LogP contribution >= 0.6 is 0 Å². The van der Waals surface area contributed by atoms with Crippen molar-refractivity contribution in [3.63, 3.8) is 0 Å². The molecular formula is C13H16FN7O. The van der Waals surface area contributed by atoms with Gasteiger partial charge in [0.25, 0.3) is 5.91 Å². The van der Waals surface area contributed by atoms with Gasteiger partial charge in [0.1, 0.15) is 17.8 Å². The van der Waals surface area contributed by atoms with E-state index in [1.165, 1.54) is 30.6 Å². The van der Waals surface area contributed by atoms with Gasteiger partial charge in [0.15, 0.2) is 11.6 Å². The maximum atomic E-state index is 12.8. The molecule has 0 bridgehead atoms. The monoisotopic (exact) mass is 305 g/mol. The first-order valence-corrected chi connectivity index (χ1v) is 6.33. The highest BCUT2D eigenvalue weighted by Gasteiger charge is 2.10. The molecule has 22 heavy (non-hydrogen) atoms. The Bertz CT molecular complexity index is 660. The van der Waals surface area contributed by atoms with Crippen molar-refractivity contribution in [2.45, 2.75) is 0 Å². The zero-order chi connectivity index (χ0) is 16.1. The number of nitrogens with zero attached hydrogens (tertiary/aromatic N) is 3. The third kappa shape index (κ3) is 3.79. The minimum atomic E-state index is -0.444. The fourth-order valence-electron chi connectivity index (χ4n) is 1.59. The number of amides is 1. The zero-order valence-electron chi connectivity index (χ0n) is 12.1. The number of carbonyl (C=O) groups is 1. The van der Waals surface area contributed by atoms with Crippen LogP contribution in [0, 0.1) is 5.82 Å². The predicted molar refractivity (Wildman–Crippen MR) is 81.2 cm³/mol. The summed E-state index contributed by atoms with van der Waals surface area (Å²) in [4.78, 5) is 19.8. The van der Waals surface area contributed by atoms with Crippen LogP contribution in [0.2, 0.25) is 0 Å². The Hall–Kier alpha value is -2.94. The largest absolute Gasteiger partial charge is 0.393 e. The van der Waals surface area contributed by atoms with Gasteiger partial charge in [0.2, 0.25) is 0 Å². The van der Waals surface area contributed by atoms with Crippen LogP contribution in [0.4, 0.5) is 21.7 Å². The Kier molecular flexibility index (Phi) is 4.69. The number of anilines is 3. The summed E-state index contributed by atoms with van der Waals surface area (Å²) in [7, 11) is 3.57. The van der Waals surface area contributed by atoms with Crippen LogP contribution in [0.1, 0.15) is 10.4 Å². The van der Waals surface area contributed by atoms with Gasteiger partial charge in [-0.25, -0.2) is 19.4 Å². The molecule has 0 saturated carbocycles. The molecule has 116 valence electrons. The smallest absolute Gasteiger partial charge is 0.269 e. The molecule has 8 nitrogen and oxygen atoms in total. The highest BCUT2D eigenvalue weighted by molar-refractivity contribution is 5.95. The molecule has 5 N–H and O–H groups in total. The quantitative estimate of drug-likeness (QED) is 0.606. The highest BCUT2D eigenvalue weighted by atomic mass is 19.1. The maximum absolute atomic E-state index is 12.8. The van der Waals surface area contributed by atoms with Gasteiger partial charge in [-0.2, -0.15) is 0 Å². The lowest BCUT2D eigenvalue weighted by Crippen LogP contribution is -2.30. The van der Waals surface area contributed by atoms with E-state index >= 15 is 0 Å². The van der Waals surface area contributed by atoms with Crippen molar-refractivity contribution in [2.75, 3.05) is 30.7 Å². The third-order valence-electron chi connectivity index (χ3n) is 2.61. The van der Waals surface area contributed by atoms with Gasteiger partial charge >= 0.3 is 0 Å². The molecule has 0 radical (unpaired) electrons. The number of nitrogens with two attached hydrogens (primary N) is 1. The molecule has 9 heteroatoms. The molecule has 0 aliphatic rings. The molecule has 0 unspecified atom stereocenters. The minimum absolute atomic E-state index is 0.245. The van der Waals surface area contributed by atoms with Crippen molar-refractivity contribution in [3.8, 4) is 0 Å². The van der Waals surface area contributed by atoms with Crippen LogP contribution < -0.4 is 22.0 Å². The maximum Gasteiger partial charge on any atom is 0.269 e. The Morgan fingerprint density at radius 2 is 1.82 bits per heavy atom. The first-order chi connectivity index (χ1) is 10.5. The zero-order valence-corrected chi connectivity index (χ0v) is 12.1. The van der Waals surface area contributed by atoms with Gasteiger partial charge in [-0.3, -0.25) is 15.6 Å². The number of benzene rings is 1. The Morgan fingerprint density at radius 1 is 1.18 bits per heavy atom. The van der Waals surface area contributed by atoms with Gasteiger partial charge in [-0.1, -0.05) is 0 Å². The number of nitrogen functional groups attached to an aromatic ring is 1. The van der Waals surface area contributed by atoms with Gasteiger partial charge in [0.05, 0.1) is 0 Å². The summed E-state index contributed by atoms with van der Waals surface area (Å²) >= 11 is 0. The molecule has 0 aliphatic heterocycles. The molecule has 0 fully saturated rings. The summed E-state index contributed by atoms with van der Waals surface area (Å²) < 4.78 is 12.8. The summed E-state index contributed by atoms with van der Waals surface area (Å²) in [5, 5.41) is 1.67. The lowest BCUT2D eigenvalue weighted by molar-refractivity contribution is 0.0962. The van der Waals surface area contributed by atoms with Gasteiger partial charge < -0.3 is 11.2 Å². The van der Waals surface area contributed by atoms with Crippen LogP contribution in [-0.4, -0.2) is 35.0 Å². The summed E-state index contributed by atoms with van der Waals surface area (Å²) in [6.07, 6.45) is 1.30. The van der Waals surface area contributed by atoms with Crippen molar-refractivity contribution < 1.29 is 9.18 Å². The number of hydrazine groups is 2. The highest BCUT2D eigenvalue weighted by Crippen LogP contribution is 2.21. The Balaban J connectivity index is 2.05. The van der Waals surface area contributed by atoms with E-state index in [1.54, 1.807) is 19.1 Å². The first kappa shape index (κ1) is 15.4. The van der Waals surface area contributed by atoms with Crippen molar-refractivity contribution in [1.82, 2.24) is 20.4 Å². The van der Waals surface area contributed by atoms with Gasteiger partial charge in [-0.05, 0) is 24.3 Å². The Morgan fingerprint density at radius 3 is 2.45 bits per heavy atom. The summed E-state index contributed by atoms with van der Waals surface area (Å²) in [6, 6.07) is 5.14. The van der Waals surface area contributed by atoms with Gasteiger partial charge in [-0.15, -0.1) is 0 Å². The number of rotatable bonds is 5. The van der Waals surface area contributed by atoms with Crippen molar-refractivity contribution in [3.05, 3.63) is 42.0 Å². The summed E-state index contributed by atoms with van der Waals surface area (Å²) in [5.74, 6) is -0.211. The second-order valence-corrected chi connectivity index (χ2v) is 4.58.